The van der Waals surface area contributed by atoms with Crippen molar-refractivity contribution in [2.24, 2.45) is 5.92 Å². The summed E-state index contributed by atoms with van der Waals surface area (Å²) < 4.78 is 38.0. The average molecular weight is 243 g/mol. The first-order valence-electron chi connectivity index (χ1n) is 5.93. The third-order valence-corrected chi connectivity index (χ3v) is 3.06. The maximum absolute atomic E-state index is 12.7. The first kappa shape index (κ1) is 12.4. The largest absolute Gasteiger partial charge is 0.416 e. The van der Waals surface area contributed by atoms with Crippen LogP contribution < -0.4 is 5.32 Å². The summed E-state index contributed by atoms with van der Waals surface area (Å²) in [4.78, 5) is 0. The van der Waals surface area contributed by atoms with Crippen molar-refractivity contribution < 1.29 is 13.2 Å². The summed E-state index contributed by atoms with van der Waals surface area (Å²) in [7, 11) is 0. The van der Waals surface area contributed by atoms with Crippen LogP contribution >= 0.6 is 0 Å². The van der Waals surface area contributed by atoms with Crippen LogP contribution in [0, 0.1) is 5.92 Å². The van der Waals surface area contributed by atoms with Crippen molar-refractivity contribution in [1.82, 2.24) is 5.32 Å². The summed E-state index contributed by atoms with van der Waals surface area (Å²) in [6, 6.07) is 5.74. The van der Waals surface area contributed by atoms with E-state index in [-0.39, 0.29) is 0 Å². The lowest BCUT2D eigenvalue weighted by Crippen LogP contribution is -2.18. The molecule has 0 spiro atoms. The predicted octanol–water partition coefficient (Wildman–Crippen LogP) is 3.60. The van der Waals surface area contributed by atoms with Gasteiger partial charge < -0.3 is 5.32 Å². The van der Waals surface area contributed by atoms with Crippen LogP contribution in [0.15, 0.2) is 24.3 Å². The molecule has 1 aliphatic carbocycles. The van der Waals surface area contributed by atoms with Gasteiger partial charge in [-0.15, -0.1) is 0 Å². The van der Waals surface area contributed by atoms with Crippen molar-refractivity contribution in [2.75, 3.05) is 6.54 Å². The number of rotatable bonds is 5. The van der Waals surface area contributed by atoms with E-state index in [2.05, 4.69) is 5.32 Å². The molecule has 0 bridgehead atoms. The number of hydrogen-bond donors (Lipinski definition) is 1. The highest BCUT2D eigenvalue weighted by Gasteiger charge is 2.32. The second-order valence-electron chi connectivity index (χ2n) is 4.56. The van der Waals surface area contributed by atoms with Crippen LogP contribution in [-0.4, -0.2) is 6.54 Å². The van der Waals surface area contributed by atoms with Gasteiger partial charge in [0.15, 0.2) is 0 Å². The predicted molar refractivity (Wildman–Crippen MR) is 60.5 cm³/mol. The second-order valence-corrected chi connectivity index (χ2v) is 4.56. The van der Waals surface area contributed by atoms with E-state index in [0.717, 1.165) is 24.9 Å². The summed E-state index contributed by atoms with van der Waals surface area (Å²) in [5, 5.41) is 3.09. The zero-order valence-corrected chi connectivity index (χ0v) is 9.56. The fourth-order valence-electron chi connectivity index (χ4n) is 1.89. The minimum Gasteiger partial charge on any atom is -0.313 e. The number of hydrogen-bond acceptors (Lipinski definition) is 1. The van der Waals surface area contributed by atoms with Gasteiger partial charge in [-0.3, -0.25) is 0 Å². The molecular formula is C13H16F3N. The lowest BCUT2D eigenvalue weighted by atomic mass is 10.1. The molecule has 1 fully saturated rings. The van der Waals surface area contributed by atoms with Gasteiger partial charge in [-0.25, -0.2) is 0 Å². The molecule has 0 aromatic heterocycles. The highest BCUT2D eigenvalue weighted by Crippen LogP contribution is 2.33. The first-order valence-corrected chi connectivity index (χ1v) is 5.93. The Morgan fingerprint density at radius 1 is 1.18 bits per heavy atom. The molecule has 0 aliphatic heterocycles. The Labute approximate surface area is 99.0 Å². The molecule has 94 valence electrons. The number of halogens is 3. The van der Waals surface area contributed by atoms with E-state index in [0.29, 0.717) is 12.1 Å². The van der Waals surface area contributed by atoms with Crippen LogP contribution in [0.1, 0.15) is 30.4 Å². The summed E-state index contributed by atoms with van der Waals surface area (Å²) in [5.74, 6) is 0.806. The summed E-state index contributed by atoms with van der Waals surface area (Å²) >= 11 is 0. The van der Waals surface area contributed by atoms with E-state index >= 15 is 0 Å². The van der Waals surface area contributed by atoms with Crippen molar-refractivity contribution in [2.45, 2.75) is 32.0 Å². The maximum Gasteiger partial charge on any atom is 0.416 e. The van der Waals surface area contributed by atoms with Gasteiger partial charge in [0.05, 0.1) is 5.56 Å². The number of benzene rings is 1. The van der Waals surface area contributed by atoms with Gasteiger partial charge in [-0.1, -0.05) is 31.0 Å². The molecule has 0 heterocycles. The molecule has 4 heteroatoms. The Bertz CT molecular complexity index is 369. The van der Waals surface area contributed by atoms with Crippen molar-refractivity contribution in [3.63, 3.8) is 0 Å². The average Bonchev–Trinajstić information content (AvgIpc) is 3.07. The first-order chi connectivity index (χ1) is 8.07. The fourth-order valence-corrected chi connectivity index (χ4v) is 1.89. The Balaban J connectivity index is 1.89. The molecule has 1 aliphatic rings. The van der Waals surface area contributed by atoms with E-state index in [9.17, 15) is 13.2 Å². The van der Waals surface area contributed by atoms with Crippen LogP contribution in [0.25, 0.3) is 0 Å². The second kappa shape index (κ2) is 5.08. The molecule has 1 aromatic carbocycles. The van der Waals surface area contributed by atoms with Gasteiger partial charge in [0.25, 0.3) is 0 Å². The van der Waals surface area contributed by atoms with Gasteiger partial charge in [0.1, 0.15) is 0 Å². The molecule has 0 amide bonds. The van der Waals surface area contributed by atoms with Crippen LogP contribution in [0.3, 0.4) is 0 Å². The van der Waals surface area contributed by atoms with Crippen molar-refractivity contribution in [3.8, 4) is 0 Å². The zero-order chi connectivity index (χ0) is 12.3. The SMILES string of the molecule is FC(F)(F)c1ccccc1CNCCC1CC1. The van der Waals surface area contributed by atoms with E-state index in [1.54, 1.807) is 6.07 Å². The van der Waals surface area contributed by atoms with Crippen LogP contribution in [0.2, 0.25) is 0 Å². The summed E-state index contributed by atoms with van der Waals surface area (Å²) in [6.45, 7) is 1.10. The number of nitrogens with one attached hydrogen (secondary N) is 1. The topological polar surface area (TPSA) is 12.0 Å². The van der Waals surface area contributed by atoms with Gasteiger partial charge in [0.2, 0.25) is 0 Å². The van der Waals surface area contributed by atoms with Crippen molar-refractivity contribution >= 4 is 0 Å². The number of alkyl halides is 3. The monoisotopic (exact) mass is 243 g/mol. The smallest absolute Gasteiger partial charge is 0.313 e. The molecule has 0 saturated heterocycles. The van der Waals surface area contributed by atoms with Gasteiger partial charge in [0, 0.05) is 6.54 Å². The summed E-state index contributed by atoms with van der Waals surface area (Å²) in [5.41, 5.74) is -0.199. The molecule has 0 radical (unpaired) electrons. The Morgan fingerprint density at radius 2 is 1.88 bits per heavy atom. The van der Waals surface area contributed by atoms with Crippen LogP contribution in [-0.2, 0) is 12.7 Å². The molecule has 1 nitrogen and oxygen atoms in total. The third kappa shape index (κ3) is 3.73. The molecule has 1 N–H and O–H groups in total. The lowest BCUT2D eigenvalue weighted by Gasteiger charge is -2.13. The minimum atomic E-state index is -4.26. The van der Waals surface area contributed by atoms with Gasteiger partial charge >= 0.3 is 6.18 Å². The van der Waals surface area contributed by atoms with E-state index in [1.165, 1.54) is 25.0 Å². The molecule has 1 aromatic rings. The standard InChI is InChI=1S/C13H16F3N/c14-13(15,16)12-4-2-1-3-11(12)9-17-8-7-10-5-6-10/h1-4,10,17H,5-9H2. The maximum atomic E-state index is 12.7. The van der Waals surface area contributed by atoms with Gasteiger partial charge in [-0.05, 0) is 30.5 Å². The molecule has 0 unspecified atom stereocenters. The normalized spacial score (nSPS) is 16.2. The zero-order valence-electron chi connectivity index (χ0n) is 9.56. The van der Waals surface area contributed by atoms with Crippen molar-refractivity contribution in [3.05, 3.63) is 35.4 Å². The quantitative estimate of drug-likeness (QED) is 0.779. The van der Waals surface area contributed by atoms with E-state index in [4.69, 9.17) is 0 Å². The van der Waals surface area contributed by atoms with Crippen molar-refractivity contribution in [1.29, 1.82) is 0 Å². The Kier molecular flexibility index (Phi) is 3.72. The fraction of sp³-hybridized carbons (Fsp3) is 0.538. The van der Waals surface area contributed by atoms with Crippen LogP contribution in [0.4, 0.5) is 13.2 Å². The highest BCUT2D eigenvalue weighted by molar-refractivity contribution is 5.29. The lowest BCUT2D eigenvalue weighted by molar-refractivity contribution is -0.138. The summed E-state index contributed by atoms with van der Waals surface area (Å²) in [6.07, 6.45) is -0.620. The third-order valence-electron chi connectivity index (χ3n) is 3.06. The molecule has 0 atom stereocenters. The van der Waals surface area contributed by atoms with E-state index in [1.807, 2.05) is 0 Å². The van der Waals surface area contributed by atoms with Gasteiger partial charge in [-0.2, -0.15) is 13.2 Å². The Hall–Kier alpha value is -1.03. The highest BCUT2D eigenvalue weighted by atomic mass is 19.4. The Morgan fingerprint density at radius 3 is 2.53 bits per heavy atom. The molecule has 2 rings (SSSR count). The molecular weight excluding hydrogens is 227 g/mol. The molecule has 1 saturated carbocycles. The van der Waals surface area contributed by atoms with E-state index < -0.39 is 11.7 Å². The van der Waals surface area contributed by atoms with Crippen LogP contribution in [0.5, 0.6) is 0 Å². The minimum absolute atomic E-state index is 0.294. The molecule has 17 heavy (non-hydrogen) atoms.